The van der Waals surface area contributed by atoms with Crippen LogP contribution in [0.1, 0.15) is 53.6 Å². The first-order chi connectivity index (χ1) is 12.8. The lowest BCUT2D eigenvalue weighted by molar-refractivity contribution is -0.137. The molecule has 2 nitrogen and oxygen atoms in total. The Bertz CT molecular complexity index is 855. The van der Waals surface area contributed by atoms with Crippen molar-refractivity contribution in [1.82, 2.24) is 5.32 Å². The zero-order chi connectivity index (χ0) is 19.4. The Morgan fingerprint density at radius 3 is 2.74 bits per heavy atom. The van der Waals surface area contributed by atoms with Gasteiger partial charge in [-0.05, 0) is 54.5 Å². The number of hydrogen-bond donors (Lipinski definition) is 1. The molecule has 1 amide bonds. The van der Waals surface area contributed by atoms with Gasteiger partial charge in [0.25, 0.3) is 0 Å². The van der Waals surface area contributed by atoms with E-state index in [2.05, 4.69) is 23.5 Å². The number of amides is 1. The molecule has 142 valence electrons. The van der Waals surface area contributed by atoms with Gasteiger partial charge in [-0.1, -0.05) is 48.6 Å². The molecule has 1 atom stereocenters. The lowest BCUT2D eigenvalue weighted by Crippen LogP contribution is -2.27. The van der Waals surface area contributed by atoms with Crippen LogP contribution < -0.4 is 5.32 Å². The molecule has 1 aliphatic carbocycles. The predicted octanol–water partition coefficient (Wildman–Crippen LogP) is 5.47. The van der Waals surface area contributed by atoms with Crippen LogP contribution >= 0.6 is 0 Å². The number of aryl methyl sites for hydroxylation is 2. The van der Waals surface area contributed by atoms with Crippen LogP contribution in [0.3, 0.4) is 0 Å². The third-order valence-electron chi connectivity index (χ3n) is 4.83. The molecule has 0 aliphatic heterocycles. The van der Waals surface area contributed by atoms with Gasteiger partial charge in [0.2, 0.25) is 5.91 Å². The van der Waals surface area contributed by atoms with E-state index in [-0.39, 0.29) is 24.8 Å². The molecular formula is C22H22F3NO. The molecule has 0 saturated heterocycles. The Balaban J connectivity index is 1.61. The van der Waals surface area contributed by atoms with Crippen LogP contribution in [0, 0.1) is 0 Å². The van der Waals surface area contributed by atoms with Gasteiger partial charge in [0.15, 0.2) is 0 Å². The van der Waals surface area contributed by atoms with Crippen LogP contribution in [0.15, 0.2) is 48.5 Å². The van der Waals surface area contributed by atoms with Crippen LogP contribution in [0.5, 0.6) is 0 Å². The number of allylic oxidation sites excluding steroid dienone is 1. The maximum absolute atomic E-state index is 12.8. The van der Waals surface area contributed by atoms with E-state index in [0.29, 0.717) is 5.56 Å². The van der Waals surface area contributed by atoms with Crippen molar-refractivity contribution in [3.63, 3.8) is 0 Å². The van der Waals surface area contributed by atoms with Gasteiger partial charge in [0.05, 0.1) is 11.6 Å². The molecule has 0 spiro atoms. The van der Waals surface area contributed by atoms with E-state index in [4.69, 9.17) is 0 Å². The van der Waals surface area contributed by atoms with Crippen LogP contribution in [-0.2, 0) is 23.8 Å². The van der Waals surface area contributed by atoms with E-state index in [1.165, 1.54) is 11.6 Å². The topological polar surface area (TPSA) is 29.1 Å². The summed E-state index contributed by atoms with van der Waals surface area (Å²) in [6, 6.07) is 11.1. The van der Waals surface area contributed by atoms with Gasteiger partial charge in [-0.3, -0.25) is 4.79 Å². The van der Waals surface area contributed by atoms with Gasteiger partial charge in [-0.2, -0.15) is 13.2 Å². The van der Waals surface area contributed by atoms with Crippen molar-refractivity contribution in [2.24, 2.45) is 0 Å². The zero-order valence-electron chi connectivity index (χ0n) is 15.1. The van der Waals surface area contributed by atoms with Crippen LogP contribution in [0.2, 0.25) is 0 Å². The Morgan fingerprint density at radius 2 is 1.96 bits per heavy atom. The number of carbonyl (C=O) groups excluding carboxylic acids is 1. The molecule has 5 heteroatoms. The molecule has 3 rings (SSSR count). The molecular weight excluding hydrogens is 351 g/mol. The zero-order valence-corrected chi connectivity index (χ0v) is 15.1. The SMILES string of the molecule is CC(NC(=O)CCc1cccc(C(F)(F)F)c1)c1cccc2c1C=CCC2. The Kier molecular flexibility index (Phi) is 5.68. The lowest BCUT2D eigenvalue weighted by Gasteiger charge is -2.21. The molecule has 27 heavy (non-hydrogen) atoms. The van der Waals surface area contributed by atoms with Gasteiger partial charge < -0.3 is 5.32 Å². The largest absolute Gasteiger partial charge is 0.416 e. The standard InChI is InChI=1S/C22H22F3NO/c1-15(19-11-5-8-17-7-2-3-10-20(17)19)26-21(27)13-12-16-6-4-9-18(14-16)22(23,24)25/h3-6,8-11,14-15H,2,7,12-13H2,1H3,(H,26,27). The maximum Gasteiger partial charge on any atom is 0.416 e. The minimum Gasteiger partial charge on any atom is -0.350 e. The molecule has 0 fully saturated rings. The Morgan fingerprint density at radius 1 is 1.19 bits per heavy atom. The summed E-state index contributed by atoms with van der Waals surface area (Å²) in [7, 11) is 0. The van der Waals surface area contributed by atoms with Gasteiger partial charge >= 0.3 is 6.18 Å². The summed E-state index contributed by atoms with van der Waals surface area (Å²) < 4.78 is 38.3. The Hall–Kier alpha value is -2.56. The highest BCUT2D eigenvalue weighted by atomic mass is 19.4. The average molecular weight is 373 g/mol. The molecule has 0 heterocycles. The lowest BCUT2D eigenvalue weighted by atomic mass is 9.90. The molecule has 1 unspecified atom stereocenters. The molecule has 2 aromatic carbocycles. The fraction of sp³-hybridized carbons (Fsp3) is 0.318. The van der Waals surface area contributed by atoms with E-state index in [9.17, 15) is 18.0 Å². The minimum absolute atomic E-state index is 0.149. The predicted molar refractivity (Wildman–Crippen MR) is 100 cm³/mol. The summed E-state index contributed by atoms with van der Waals surface area (Å²) in [6.07, 6.45) is 2.30. The van der Waals surface area contributed by atoms with Crippen molar-refractivity contribution < 1.29 is 18.0 Å². The second-order valence-corrected chi connectivity index (χ2v) is 6.85. The van der Waals surface area contributed by atoms with Gasteiger partial charge in [0.1, 0.15) is 0 Å². The number of carbonyl (C=O) groups is 1. The summed E-state index contributed by atoms with van der Waals surface area (Å²) in [5.74, 6) is -0.169. The van der Waals surface area contributed by atoms with Crippen LogP contribution in [-0.4, -0.2) is 5.91 Å². The summed E-state index contributed by atoms with van der Waals surface area (Å²) in [6.45, 7) is 1.93. The maximum atomic E-state index is 12.8. The van der Waals surface area contributed by atoms with Crippen LogP contribution in [0.25, 0.3) is 6.08 Å². The third-order valence-corrected chi connectivity index (χ3v) is 4.83. The van der Waals surface area contributed by atoms with E-state index >= 15 is 0 Å². The highest BCUT2D eigenvalue weighted by Crippen LogP contribution is 2.30. The fourth-order valence-electron chi connectivity index (χ4n) is 3.42. The van der Waals surface area contributed by atoms with Crippen LogP contribution in [0.4, 0.5) is 13.2 Å². The molecule has 1 N–H and O–H groups in total. The number of halogens is 3. The quantitative estimate of drug-likeness (QED) is 0.739. The van der Waals surface area contributed by atoms with Gasteiger partial charge in [0, 0.05) is 6.42 Å². The molecule has 0 saturated carbocycles. The van der Waals surface area contributed by atoms with Crippen molar-refractivity contribution in [2.75, 3.05) is 0 Å². The fourth-order valence-corrected chi connectivity index (χ4v) is 3.42. The third kappa shape index (κ3) is 4.79. The number of nitrogens with one attached hydrogen (secondary N) is 1. The number of fused-ring (bicyclic) bond motifs is 1. The second kappa shape index (κ2) is 7.99. The number of benzene rings is 2. The summed E-state index contributed by atoms with van der Waals surface area (Å²) in [4.78, 5) is 12.3. The summed E-state index contributed by atoms with van der Waals surface area (Å²) in [5, 5.41) is 2.97. The van der Waals surface area contributed by atoms with Crippen molar-refractivity contribution in [3.8, 4) is 0 Å². The van der Waals surface area contributed by atoms with Crippen molar-refractivity contribution in [2.45, 2.75) is 44.8 Å². The first kappa shape index (κ1) is 19.2. The molecule has 2 aromatic rings. The summed E-state index contributed by atoms with van der Waals surface area (Å²) >= 11 is 0. The van der Waals surface area contributed by atoms with Crippen molar-refractivity contribution in [1.29, 1.82) is 0 Å². The molecule has 0 radical (unpaired) electrons. The van der Waals surface area contributed by atoms with E-state index in [0.717, 1.165) is 36.1 Å². The first-order valence-corrected chi connectivity index (χ1v) is 9.08. The van der Waals surface area contributed by atoms with E-state index < -0.39 is 11.7 Å². The summed E-state index contributed by atoms with van der Waals surface area (Å²) in [5.41, 5.74) is 3.33. The first-order valence-electron chi connectivity index (χ1n) is 9.08. The van der Waals surface area contributed by atoms with Gasteiger partial charge in [-0.25, -0.2) is 0 Å². The number of alkyl halides is 3. The molecule has 1 aliphatic rings. The Labute approximate surface area is 157 Å². The van der Waals surface area contributed by atoms with Gasteiger partial charge in [-0.15, -0.1) is 0 Å². The van der Waals surface area contributed by atoms with Crippen molar-refractivity contribution >= 4 is 12.0 Å². The van der Waals surface area contributed by atoms with Crippen molar-refractivity contribution in [3.05, 3.63) is 76.4 Å². The second-order valence-electron chi connectivity index (χ2n) is 6.85. The monoisotopic (exact) mass is 373 g/mol. The smallest absolute Gasteiger partial charge is 0.350 e. The highest BCUT2D eigenvalue weighted by Gasteiger charge is 2.30. The average Bonchev–Trinajstić information content (AvgIpc) is 2.65. The minimum atomic E-state index is -4.37. The normalized spacial score (nSPS) is 14.5. The molecule has 0 bridgehead atoms. The number of rotatable bonds is 5. The van der Waals surface area contributed by atoms with E-state index in [1.807, 2.05) is 19.1 Å². The molecule has 0 aromatic heterocycles. The van der Waals surface area contributed by atoms with E-state index in [1.54, 1.807) is 6.07 Å². The number of hydrogen-bond acceptors (Lipinski definition) is 1. The highest BCUT2D eigenvalue weighted by molar-refractivity contribution is 5.77.